The normalized spacial score (nSPS) is 23.0. The number of benzene rings is 1. The Bertz CT molecular complexity index is 873. The summed E-state index contributed by atoms with van der Waals surface area (Å²) >= 11 is 0. The van der Waals surface area contributed by atoms with Crippen LogP contribution in [-0.2, 0) is 4.79 Å². The van der Waals surface area contributed by atoms with Crippen LogP contribution < -0.4 is 0 Å². The Kier molecular flexibility index (Phi) is 4.17. The Balaban J connectivity index is 1.71. The Hall–Kier alpha value is -2.43. The lowest BCUT2D eigenvalue weighted by Gasteiger charge is -2.19. The monoisotopic (exact) mass is 352 g/mol. The van der Waals surface area contributed by atoms with E-state index in [1.807, 2.05) is 30.3 Å². The predicted octanol–water partition coefficient (Wildman–Crippen LogP) is 3.54. The van der Waals surface area contributed by atoms with Crippen molar-refractivity contribution < 1.29 is 14.7 Å². The number of aliphatic carboxylic acids is 1. The second-order valence-corrected chi connectivity index (χ2v) is 7.92. The molecule has 0 spiro atoms. The molecule has 1 amide bonds. The number of aromatic nitrogens is 1. The van der Waals surface area contributed by atoms with Gasteiger partial charge >= 0.3 is 5.97 Å². The first-order valence-electron chi connectivity index (χ1n) is 9.37. The second kappa shape index (κ2) is 6.38. The minimum absolute atomic E-state index is 0.0695. The molecule has 5 nitrogen and oxygen atoms in total. The van der Waals surface area contributed by atoms with E-state index in [0.29, 0.717) is 24.6 Å². The van der Waals surface area contributed by atoms with Gasteiger partial charge in [-0.3, -0.25) is 14.6 Å². The number of carboxylic acids is 1. The zero-order valence-corrected chi connectivity index (χ0v) is 15.2. The molecule has 26 heavy (non-hydrogen) atoms. The van der Waals surface area contributed by atoms with Crippen molar-refractivity contribution in [1.29, 1.82) is 0 Å². The highest BCUT2D eigenvalue weighted by molar-refractivity contribution is 6.06. The SMILES string of the molecule is CC(C)c1cc(C(=O)N2C[C@H](C(=O)O)[C@@H](C3CC3)C2)c2ccccc2n1. The lowest BCUT2D eigenvalue weighted by atomic mass is 9.92. The summed E-state index contributed by atoms with van der Waals surface area (Å²) in [6, 6.07) is 9.56. The molecule has 2 fully saturated rings. The number of para-hydroxylation sites is 1. The average molecular weight is 352 g/mol. The van der Waals surface area contributed by atoms with Gasteiger partial charge in [0.05, 0.1) is 17.0 Å². The summed E-state index contributed by atoms with van der Waals surface area (Å²) in [6.07, 6.45) is 2.18. The van der Waals surface area contributed by atoms with Gasteiger partial charge in [-0.15, -0.1) is 0 Å². The highest BCUT2D eigenvalue weighted by atomic mass is 16.4. The molecule has 1 aliphatic heterocycles. The zero-order valence-electron chi connectivity index (χ0n) is 15.2. The Morgan fingerprint density at radius 2 is 1.92 bits per heavy atom. The van der Waals surface area contributed by atoms with Crippen molar-refractivity contribution in [3.63, 3.8) is 0 Å². The van der Waals surface area contributed by atoms with Crippen LogP contribution in [0.4, 0.5) is 0 Å². The summed E-state index contributed by atoms with van der Waals surface area (Å²) in [5, 5.41) is 10.4. The van der Waals surface area contributed by atoms with Crippen molar-refractivity contribution >= 4 is 22.8 Å². The van der Waals surface area contributed by atoms with Gasteiger partial charge in [0.15, 0.2) is 0 Å². The van der Waals surface area contributed by atoms with Gasteiger partial charge in [0, 0.05) is 24.2 Å². The maximum absolute atomic E-state index is 13.3. The third-order valence-corrected chi connectivity index (χ3v) is 5.75. The molecule has 2 aliphatic rings. The zero-order chi connectivity index (χ0) is 18.4. The fraction of sp³-hybridized carbons (Fsp3) is 0.476. The molecule has 1 aliphatic carbocycles. The molecule has 5 heteroatoms. The molecule has 2 aromatic rings. The van der Waals surface area contributed by atoms with Gasteiger partial charge in [0.25, 0.3) is 5.91 Å². The third kappa shape index (κ3) is 2.96. The van der Waals surface area contributed by atoms with Crippen LogP contribution >= 0.6 is 0 Å². The highest BCUT2D eigenvalue weighted by Gasteiger charge is 2.47. The minimum atomic E-state index is -0.778. The van der Waals surface area contributed by atoms with E-state index in [-0.39, 0.29) is 17.7 Å². The van der Waals surface area contributed by atoms with Crippen LogP contribution in [0.2, 0.25) is 0 Å². The van der Waals surface area contributed by atoms with Gasteiger partial charge in [-0.25, -0.2) is 0 Å². The van der Waals surface area contributed by atoms with Crippen molar-refractivity contribution in [2.75, 3.05) is 13.1 Å². The molecule has 0 unspecified atom stereocenters. The second-order valence-electron chi connectivity index (χ2n) is 7.92. The molecule has 1 N–H and O–H groups in total. The molecule has 2 atom stereocenters. The fourth-order valence-corrected chi connectivity index (χ4v) is 4.10. The number of carbonyl (C=O) groups is 2. The van der Waals surface area contributed by atoms with Gasteiger partial charge in [-0.1, -0.05) is 32.0 Å². The topological polar surface area (TPSA) is 70.5 Å². The molecule has 1 aromatic heterocycles. The van der Waals surface area contributed by atoms with E-state index in [2.05, 4.69) is 18.8 Å². The van der Waals surface area contributed by atoms with E-state index in [1.54, 1.807) is 4.90 Å². The van der Waals surface area contributed by atoms with Crippen LogP contribution in [0.25, 0.3) is 10.9 Å². The van der Waals surface area contributed by atoms with Gasteiger partial charge in [0.1, 0.15) is 0 Å². The Morgan fingerprint density at radius 1 is 1.19 bits per heavy atom. The van der Waals surface area contributed by atoms with Crippen molar-refractivity contribution in [1.82, 2.24) is 9.88 Å². The number of carbonyl (C=O) groups excluding carboxylic acids is 1. The number of nitrogens with zero attached hydrogens (tertiary/aromatic N) is 2. The van der Waals surface area contributed by atoms with Crippen molar-refractivity contribution in [3.05, 3.63) is 41.6 Å². The Morgan fingerprint density at radius 3 is 2.58 bits per heavy atom. The summed E-state index contributed by atoms with van der Waals surface area (Å²) in [6.45, 7) is 4.98. The quantitative estimate of drug-likeness (QED) is 0.914. The smallest absolute Gasteiger partial charge is 0.308 e. The van der Waals surface area contributed by atoms with Crippen LogP contribution in [0, 0.1) is 17.8 Å². The number of likely N-dealkylation sites (tertiary alicyclic amines) is 1. The van der Waals surface area contributed by atoms with Crippen LogP contribution in [0.3, 0.4) is 0 Å². The standard InChI is InChI=1S/C21H24N2O3/c1-12(2)19-9-15(14-5-3-4-6-18(14)22-19)20(24)23-10-16(13-7-8-13)17(11-23)21(25)26/h3-6,9,12-13,16-17H,7-8,10-11H2,1-2H3,(H,25,26)/t16-,17+/m1/s1. The number of rotatable bonds is 4. The maximum Gasteiger partial charge on any atom is 0.308 e. The predicted molar refractivity (Wildman–Crippen MR) is 99.1 cm³/mol. The highest BCUT2D eigenvalue weighted by Crippen LogP contribution is 2.44. The van der Waals surface area contributed by atoms with Crippen molar-refractivity contribution in [2.45, 2.75) is 32.6 Å². The number of pyridine rings is 1. The maximum atomic E-state index is 13.3. The molecule has 1 saturated heterocycles. The largest absolute Gasteiger partial charge is 0.481 e. The van der Waals surface area contributed by atoms with E-state index >= 15 is 0 Å². The number of carboxylic acid groups (broad SMARTS) is 1. The lowest BCUT2D eigenvalue weighted by molar-refractivity contribution is -0.142. The van der Waals surface area contributed by atoms with E-state index in [1.165, 1.54) is 0 Å². The number of fused-ring (bicyclic) bond motifs is 1. The number of hydrogen-bond acceptors (Lipinski definition) is 3. The molecular weight excluding hydrogens is 328 g/mol. The summed E-state index contributed by atoms with van der Waals surface area (Å²) in [4.78, 5) is 31.4. The van der Waals surface area contributed by atoms with E-state index in [0.717, 1.165) is 29.4 Å². The van der Waals surface area contributed by atoms with Crippen LogP contribution in [-0.4, -0.2) is 40.0 Å². The summed E-state index contributed by atoms with van der Waals surface area (Å²) < 4.78 is 0. The molecule has 4 rings (SSSR count). The van der Waals surface area contributed by atoms with Crippen LogP contribution in [0.15, 0.2) is 30.3 Å². The van der Waals surface area contributed by atoms with Crippen LogP contribution in [0.1, 0.15) is 48.7 Å². The first-order chi connectivity index (χ1) is 12.5. The average Bonchev–Trinajstić information content (AvgIpc) is 3.38. The minimum Gasteiger partial charge on any atom is -0.481 e. The third-order valence-electron chi connectivity index (χ3n) is 5.75. The first-order valence-corrected chi connectivity index (χ1v) is 9.37. The van der Waals surface area contributed by atoms with Crippen LogP contribution in [0.5, 0.6) is 0 Å². The lowest BCUT2D eigenvalue weighted by Crippen LogP contribution is -2.30. The molecule has 0 radical (unpaired) electrons. The van der Waals surface area contributed by atoms with Gasteiger partial charge in [-0.2, -0.15) is 0 Å². The van der Waals surface area contributed by atoms with Gasteiger partial charge in [0.2, 0.25) is 0 Å². The molecule has 2 heterocycles. The summed E-state index contributed by atoms with van der Waals surface area (Å²) in [5.74, 6) is -0.511. The van der Waals surface area contributed by atoms with Gasteiger partial charge < -0.3 is 10.0 Å². The molecular formula is C21H24N2O3. The molecule has 136 valence electrons. The molecule has 1 saturated carbocycles. The molecule has 0 bridgehead atoms. The van der Waals surface area contributed by atoms with E-state index in [4.69, 9.17) is 0 Å². The first kappa shape index (κ1) is 17.0. The van der Waals surface area contributed by atoms with Gasteiger partial charge in [-0.05, 0) is 42.7 Å². The van der Waals surface area contributed by atoms with Crippen molar-refractivity contribution in [3.8, 4) is 0 Å². The van der Waals surface area contributed by atoms with E-state index < -0.39 is 11.9 Å². The van der Waals surface area contributed by atoms with Crippen molar-refractivity contribution in [2.24, 2.45) is 17.8 Å². The Labute approximate surface area is 153 Å². The number of amides is 1. The molecule has 1 aromatic carbocycles. The summed E-state index contributed by atoms with van der Waals surface area (Å²) in [7, 11) is 0. The fourth-order valence-electron chi connectivity index (χ4n) is 4.10. The van der Waals surface area contributed by atoms with E-state index in [9.17, 15) is 14.7 Å². The number of hydrogen-bond donors (Lipinski definition) is 1. The summed E-state index contributed by atoms with van der Waals surface area (Å²) in [5.41, 5.74) is 2.34.